The number of carboxylic acids is 1. The van der Waals surface area contributed by atoms with Gasteiger partial charge >= 0.3 is 5.97 Å². The van der Waals surface area contributed by atoms with E-state index in [4.69, 9.17) is 14.3 Å². The van der Waals surface area contributed by atoms with Gasteiger partial charge in [-0.3, -0.25) is 4.79 Å². The highest BCUT2D eigenvalue weighted by atomic mass is 16.5. The van der Waals surface area contributed by atoms with Crippen LogP contribution in [0.1, 0.15) is 54.0 Å². The molecule has 1 aromatic heterocycles. The molecule has 1 aromatic rings. The molecule has 0 radical (unpaired) electrons. The molecular formula is C15H21NO5. The lowest BCUT2D eigenvalue weighted by atomic mass is 10.0. The van der Waals surface area contributed by atoms with Crippen LogP contribution in [0.2, 0.25) is 0 Å². The lowest BCUT2D eigenvalue weighted by molar-refractivity contribution is -0.122. The summed E-state index contributed by atoms with van der Waals surface area (Å²) in [7, 11) is 0. The van der Waals surface area contributed by atoms with Crippen LogP contribution in [0.3, 0.4) is 0 Å². The summed E-state index contributed by atoms with van der Waals surface area (Å²) in [6, 6.07) is 1.45. The first-order valence-corrected chi connectivity index (χ1v) is 7.27. The molecule has 1 unspecified atom stereocenters. The van der Waals surface area contributed by atoms with E-state index >= 15 is 0 Å². The first kappa shape index (κ1) is 15.6. The molecule has 1 aliphatic heterocycles. The number of nitrogens with one attached hydrogen (secondary N) is 1. The summed E-state index contributed by atoms with van der Waals surface area (Å²) in [5.41, 5.74) is 0.134. The Morgan fingerprint density at radius 2 is 2.24 bits per heavy atom. The predicted octanol–water partition coefficient (Wildman–Crippen LogP) is 2.25. The Labute approximate surface area is 123 Å². The van der Waals surface area contributed by atoms with E-state index in [9.17, 15) is 9.59 Å². The van der Waals surface area contributed by atoms with Gasteiger partial charge in [-0.2, -0.15) is 0 Å². The molecule has 21 heavy (non-hydrogen) atoms. The zero-order valence-corrected chi connectivity index (χ0v) is 12.2. The largest absolute Gasteiger partial charge is 0.478 e. The van der Waals surface area contributed by atoms with Gasteiger partial charge in [0.05, 0.1) is 12.6 Å². The minimum absolute atomic E-state index is 0.0740. The Kier molecular flexibility index (Phi) is 5.38. The number of carboxylic acid groups (broad SMARTS) is 1. The van der Waals surface area contributed by atoms with Crippen molar-refractivity contribution < 1.29 is 23.8 Å². The van der Waals surface area contributed by atoms with Crippen molar-refractivity contribution in [2.45, 2.75) is 51.7 Å². The van der Waals surface area contributed by atoms with Gasteiger partial charge in [-0.25, -0.2) is 4.79 Å². The molecule has 1 atom stereocenters. The number of furan rings is 1. The average molecular weight is 295 g/mol. The molecule has 1 fully saturated rings. The molecule has 0 saturated carbocycles. The van der Waals surface area contributed by atoms with Gasteiger partial charge in [-0.15, -0.1) is 0 Å². The summed E-state index contributed by atoms with van der Waals surface area (Å²) in [5, 5.41) is 11.7. The van der Waals surface area contributed by atoms with Gasteiger partial charge in [0.2, 0.25) is 5.91 Å². The minimum Gasteiger partial charge on any atom is -0.478 e. The second-order valence-electron chi connectivity index (χ2n) is 5.29. The van der Waals surface area contributed by atoms with Crippen molar-refractivity contribution in [3.63, 3.8) is 0 Å². The summed E-state index contributed by atoms with van der Waals surface area (Å²) < 4.78 is 10.9. The van der Waals surface area contributed by atoms with Crippen molar-refractivity contribution in [2.24, 2.45) is 0 Å². The SMILES string of the molecule is Cc1oc(CNC(=O)CCC2CCCCO2)cc1C(=O)O. The smallest absolute Gasteiger partial charge is 0.339 e. The molecular weight excluding hydrogens is 274 g/mol. The second-order valence-corrected chi connectivity index (χ2v) is 5.29. The number of aromatic carboxylic acids is 1. The van der Waals surface area contributed by atoms with Crippen molar-refractivity contribution in [3.05, 3.63) is 23.2 Å². The van der Waals surface area contributed by atoms with Crippen LogP contribution < -0.4 is 5.32 Å². The fraction of sp³-hybridized carbons (Fsp3) is 0.600. The summed E-state index contributed by atoms with van der Waals surface area (Å²) in [5.74, 6) is -0.298. The Balaban J connectivity index is 1.73. The molecule has 2 rings (SSSR count). The summed E-state index contributed by atoms with van der Waals surface area (Å²) in [6.45, 7) is 2.59. The predicted molar refractivity (Wildman–Crippen MR) is 75.1 cm³/mol. The van der Waals surface area contributed by atoms with E-state index in [-0.39, 0.29) is 24.1 Å². The van der Waals surface area contributed by atoms with E-state index in [2.05, 4.69) is 5.32 Å². The van der Waals surface area contributed by atoms with Crippen LogP contribution in [0.15, 0.2) is 10.5 Å². The third-order valence-electron chi connectivity index (χ3n) is 3.63. The van der Waals surface area contributed by atoms with Crippen molar-refractivity contribution in [2.75, 3.05) is 6.61 Å². The minimum atomic E-state index is -1.02. The lowest BCUT2D eigenvalue weighted by Crippen LogP contribution is -2.26. The van der Waals surface area contributed by atoms with Crippen LogP contribution in [-0.2, 0) is 16.1 Å². The molecule has 1 saturated heterocycles. The normalized spacial score (nSPS) is 18.4. The van der Waals surface area contributed by atoms with Crippen LogP contribution in [0.4, 0.5) is 0 Å². The van der Waals surface area contributed by atoms with Gasteiger partial charge in [-0.05, 0) is 38.7 Å². The van der Waals surface area contributed by atoms with Gasteiger partial charge in [0, 0.05) is 13.0 Å². The van der Waals surface area contributed by atoms with Crippen LogP contribution in [0, 0.1) is 6.92 Å². The van der Waals surface area contributed by atoms with Crippen LogP contribution in [-0.4, -0.2) is 29.7 Å². The second kappa shape index (κ2) is 7.26. The summed E-state index contributed by atoms with van der Waals surface area (Å²) in [4.78, 5) is 22.6. The van der Waals surface area contributed by atoms with E-state index in [0.717, 1.165) is 32.3 Å². The molecule has 0 bridgehead atoms. The standard InChI is InChI=1S/C15H21NO5/c1-10-13(15(18)19)8-12(21-10)9-16-14(17)6-5-11-4-2-3-7-20-11/h8,11H,2-7,9H2,1H3,(H,16,17)(H,18,19). The zero-order valence-electron chi connectivity index (χ0n) is 12.2. The van der Waals surface area contributed by atoms with E-state index in [1.165, 1.54) is 6.07 Å². The number of hydrogen-bond acceptors (Lipinski definition) is 4. The Bertz CT molecular complexity index is 502. The van der Waals surface area contributed by atoms with Gasteiger partial charge < -0.3 is 19.6 Å². The maximum absolute atomic E-state index is 11.8. The average Bonchev–Trinajstić information content (AvgIpc) is 2.85. The molecule has 116 valence electrons. The highest BCUT2D eigenvalue weighted by Gasteiger charge is 2.16. The van der Waals surface area contributed by atoms with E-state index in [1.54, 1.807) is 6.92 Å². The number of carbonyl (C=O) groups is 2. The summed E-state index contributed by atoms with van der Waals surface area (Å²) >= 11 is 0. The quantitative estimate of drug-likeness (QED) is 0.840. The first-order chi connectivity index (χ1) is 10.1. The number of rotatable bonds is 6. The van der Waals surface area contributed by atoms with Crippen LogP contribution in [0.5, 0.6) is 0 Å². The van der Waals surface area contributed by atoms with Gasteiger partial charge in [-0.1, -0.05) is 0 Å². The molecule has 1 amide bonds. The van der Waals surface area contributed by atoms with Gasteiger partial charge in [0.1, 0.15) is 17.1 Å². The molecule has 6 nitrogen and oxygen atoms in total. The molecule has 6 heteroatoms. The Morgan fingerprint density at radius 1 is 1.43 bits per heavy atom. The summed E-state index contributed by atoms with van der Waals surface area (Å²) in [6.07, 6.45) is 4.61. The van der Waals surface area contributed by atoms with E-state index < -0.39 is 5.97 Å². The fourth-order valence-electron chi connectivity index (χ4n) is 2.44. The van der Waals surface area contributed by atoms with Crippen molar-refractivity contribution in [1.82, 2.24) is 5.32 Å². The molecule has 2 heterocycles. The van der Waals surface area contributed by atoms with Crippen molar-refractivity contribution >= 4 is 11.9 Å². The topological polar surface area (TPSA) is 88.8 Å². The number of aryl methyl sites for hydroxylation is 1. The zero-order chi connectivity index (χ0) is 15.2. The van der Waals surface area contributed by atoms with Gasteiger partial charge in [0.15, 0.2) is 0 Å². The molecule has 0 aromatic carbocycles. The number of hydrogen-bond donors (Lipinski definition) is 2. The van der Waals surface area contributed by atoms with Crippen molar-refractivity contribution in [3.8, 4) is 0 Å². The third kappa shape index (κ3) is 4.60. The first-order valence-electron chi connectivity index (χ1n) is 7.27. The molecule has 1 aliphatic rings. The highest BCUT2D eigenvalue weighted by Crippen LogP contribution is 2.17. The van der Waals surface area contributed by atoms with Crippen LogP contribution in [0.25, 0.3) is 0 Å². The molecule has 0 spiro atoms. The van der Waals surface area contributed by atoms with E-state index in [0.29, 0.717) is 17.9 Å². The Hall–Kier alpha value is -1.82. The molecule has 0 aliphatic carbocycles. The number of carbonyl (C=O) groups excluding carboxylic acids is 1. The Morgan fingerprint density at radius 3 is 2.86 bits per heavy atom. The number of ether oxygens (including phenoxy) is 1. The van der Waals surface area contributed by atoms with Crippen LogP contribution >= 0.6 is 0 Å². The maximum atomic E-state index is 11.8. The monoisotopic (exact) mass is 295 g/mol. The van der Waals surface area contributed by atoms with E-state index in [1.807, 2.05) is 0 Å². The fourth-order valence-corrected chi connectivity index (χ4v) is 2.44. The highest BCUT2D eigenvalue weighted by molar-refractivity contribution is 5.88. The maximum Gasteiger partial charge on any atom is 0.339 e. The third-order valence-corrected chi connectivity index (χ3v) is 3.63. The van der Waals surface area contributed by atoms with Gasteiger partial charge in [0.25, 0.3) is 0 Å². The number of amides is 1. The van der Waals surface area contributed by atoms with Crippen molar-refractivity contribution in [1.29, 1.82) is 0 Å². The molecule has 2 N–H and O–H groups in total. The lowest BCUT2D eigenvalue weighted by Gasteiger charge is -2.22.